The van der Waals surface area contributed by atoms with Gasteiger partial charge in [-0.2, -0.15) is 0 Å². The van der Waals surface area contributed by atoms with Crippen LogP contribution in [0, 0.1) is 0 Å². The highest BCUT2D eigenvalue weighted by Crippen LogP contribution is 1.89. The van der Waals surface area contributed by atoms with E-state index in [0.29, 0.717) is 6.54 Å². The van der Waals surface area contributed by atoms with Crippen LogP contribution in [-0.4, -0.2) is 42.8 Å². The maximum atomic E-state index is 11.1. The Morgan fingerprint density at radius 1 is 1.75 bits per heavy atom. The number of rotatable bonds is 3. The van der Waals surface area contributed by atoms with Crippen molar-refractivity contribution in [3.63, 3.8) is 0 Å². The summed E-state index contributed by atoms with van der Waals surface area (Å²) in [6, 6.07) is -0.844. The van der Waals surface area contributed by atoms with Gasteiger partial charge in [-0.3, -0.25) is 4.79 Å². The molecular formula is C6H11N3O3. The standard InChI is InChI=1S/C6H11N3O3/c10-2-1-7-5(11)4-3-8-6(12)9-4/h4,10H,1-3H2,(H,7,11)(H2,8,9,12)/t4-/m0/s1. The summed E-state index contributed by atoms with van der Waals surface area (Å²) in [6.45, 7) is 0.418. The lowest BCUT2D eigenvalue weighted by Crippen LogP contribution is -2.43. The van der Waals surface area contributed by atoms with E-state index in [1.807, 2.05) is 0 Å². The number of aliphatic hydroxyl groups is 1. The molecule has 1 aliphatic heterocycles. The average Bonchev–Trinajstić information content (AvgIpc) is 2.47. The molecule has 0 spiro atoms. The molecule has 1 heterocycles. The Bertz CT molecular complexity index is 194. The highest BCUT2D eigenvalue weighted by atomic mass is 16.3. The van der Waals surface area contributed by atoms with Crippen LogP contribution in [0.2, 0.25) is 0 Å². The number of hydrogen-bond donors (Lipinski definition) is 4. The fraction of sp³-hybridized carbons (Fsp3) is 0.667. The molecule has 0 aliphatic carbocycles. The third-order valence-electron chi connectivity index (χ3n) is 1.50. The lowest BCUT2D eigenvalue weighted by atomic mass is 10.3. The molecule has 0 aromatic rings. The molecule has 0 unspecified atom stereocenters. The van der Waals surface area contributed by atoms with Crippen LogP contribution in [-0.2, 0) is 4.79 Å². The Labute approximate surface area is 69.3 Å². The predicted molar refractivity (Wildman–Crippen MR) is 40.4 cm³/mol. The molecule has 1 fully saturated rings. The van der Waals surface area contributed by atoms with Crippen molar-refractivity contribution < 1.29 is 14.7 Å². The largest absolute Gasteiger partial charge is 0.395 e. The van der Waals surface area contributed by atoms with Crippen LogP contribution in [0.15, 0.2) is 0 Å². The number of urea groups is 1. The van der Waals surface area contributed by atoms with Crippen LogP contribution >= 0.6 is 0 Å². The monoisotopic (exact) mass is 173 g/mol. The van der Waals surface area contributed by atoms with Crippen LogP contribution in [0.1, 0.15) is 0 Å². The van der Waals surface area contributed by atoms with Crippen LogP contribution in [0.25, 0.3) is 0 Å². The van der Waals surface area contributed by atoms with E-state index >= 15 is 0 Å². The minimum absolute atomic E-state index is 0.0974. The van der Waals surface area contributed by atoms with E-state index in [1.54, 1.807) is 0 Å². The van der Waals surface area contributed by atoms with Gasteiger partial charge in [-0.25, -0.2) is 4.79 Å². The van der Waals surface area contributed by atoms with Gasteiger partial charge < -0.3 is 21.1 Å². The zero-order valence-electron chi connectivity index (χ0n) is 6.46. The Morgan fingerprint density at radius 3 is 3.00 bits per heavy atom. The van der Waals surface area contributed by atoms with E-state index in [2.05, 4.69) is 16.0 Å². The first kappa shape index (κ1) is 8.79. The molecular weight excluding hydrogens is 162 g/mol. The zero-order valence-corrected chi connectivity index (χ0v) is 6.46. The van der Waals surface area contributed by atoms with Gasteiger partial charge in [0.05, 0.1) is 6.61 Å². The minimum atomic E-state index is -0.510. The Hall–Kier alpha value is -1.30. The van der Waals surface area contributed by atoms with Crippen molar-refractivity contribution in [2.75, 3.05) is 19.7 Å². The molecule has 1 rings (SSSR count). The molecule has 4 N–H and O–H groups in total. The molecule has 0 aromatic carbocycles. The second kappa shape index (κ2) is 3.91. The Kier molecular flexibility index (Phi) is 2.87. The summed E-state index contributed by atoms with van der Waals surface area (Å²) in [4.78, 5) is 21.7. The molecule has 1 atom stereocenters. The summed E-state index contributed by atoms with van der Waals surface area (Å²) < 4.78 is 0. The van der Waals surface area contributed by atoms with E-state index < -0.39 is 6.04 Å². The van der Waals surface area contributed by atoms with Crippen molar-refractivity contribution in [2.45, 2.75) is 6.04 Å². The predicted octanol–water partition coefficient (Wildman–Crippen LogP) is -2.22. The van der Waals surface area contributed by atoms with Crippen LogP contribution in [0.5, 0.6) is 0 Å². The van der Waals surface area contributed by atoms with Crippen molar-refractivity contribution in [3.05, 3.63) is 0 Å². The number of amides is 3. The second-order valence-electron chi connectivity index (χ2n) is 2.42. The van der Waals surface area contributed by atoms with Gasteiger partial charge in [0.25, 0.3) is 0 Å². The maximum absolute atomic E-state index is 11.1. The molecule has 1 saturated heterocycles. The van der Waals surface area contributed by atoms with Crippen LogP contribution in [0.4, 0.5) is 4.79 Å². The van der Waals surface area contributed by atoms with E-state index in [9.17, 15) is 9.59 Å². The summed E-state index contributed by atoms with van der Waals surface area (Å²) in [5, 5.41) is 15.7. The topological polar surface area (TPSA) is 90.5 Å². The molecule has 12 heavy (non-hydrogen) atoms. The number of nitrogens with one attached hydrogen (secondary N) is 3. The molecule has 0 aromatic heterocycles. The van der Waals surface area contributed by atoms with Gasteiger partial charge in [0.15, 0.2) is 0 Å². The third-order valence-corrected chi connectivity index (χ3v) is 1.50. The number of carbonyl (C=O) groups excluding carboxylic acids is 2. The lowest BCUT2D eigenvalue weighted by Gasteiger charge is -2.07. The first-order valence-corrected chi connectivity index (χ1v) is 3.67. The van der Waals surface area contributed by atoms with Gasteiger partial charge in [0.1, 0.15) is 6.04 Å². The molecule has 6 heteroatoms. The fourth-order valence-electron chi connectivity index (χ4n) is 0.916. The molecule has 0 saturated carbocycles. The lowest BCUT2D eigenvalue weighted by molar-refractivity contribution is -0.122. The summed E-state index contributed by atoms with van der Waals surface area (Å²) in [7, 11) is 0. The number of hydrogen-bond acceptors (Lipinski definition) is 3. The second-order valence-corrected chi connectivity index (χ2v) is 2.42. The third kappa shape index (κ3) is 2.09. The van der Waals surface area contributed by atoms with Gasteiger partial charge in [0, 0.05) is 13.1 Å². The van der Waals surface area contributed by atoms with Gasteiger partial charge in [-0.15, -0.1) is 0 Å². The summed E-state index contributed by atoms with van der Waals surface area (Å²) >= 11 is 0. The van der Waals surface area contributed by atoms with Crippen molar-refractivity contribution in [2.24, 2.45) is 0 Å². The molecule has 1 aliphatic rings. The molecule has 0 radical (unpaired) electrons. The van der Waals surface area contributed by atoms with Crippen molar-refractivity contribution in [3.8, 4) is 0 Å². The summed E-state index contributed by atoms with van der Waals surface area (Å²) in [5.41, 5.74) is 0. The number of aliphatic hydroxyl groups excluding tert-OH is 1. The van der Waals surface area contributed by atoms with Crippen LogP contribution in [0.3, 0.4) is 0 Å². The maximum Gasteiger partial charge on any atom is 0.315 e. The first-order chi connectivity index (χ1) is 5.74. The molecule has 6 nitrogen and oxygen atoms in total. The molecule has 68 valence electrons. The molecule has 3 amide bonds. The van der Waals surface area contributed by atoms with E-state index in [1.165, 1.54) is 0 Å². The zero-order chi connectivity index (χ0) is 8.97. The normalized spacial score (nSPS) is 21.4. The SMILES string of the molecule is O=C1NC[C@@H](C(=O)NCCO)N1. The van der Waals surface area contributed by atoms with Crippen molar-refractivity contribution in [1.82, 2.24) is 16.0 Å². The molecule has 0 bridgehead atoms. The van der Waals surface area contributed by atoms with Gasteiger partial charge in [0.2, 0.25) is 5.91 Å². The average molecular weight is 173 g/mol. The number of carbonyl (C=O) groups is 2. The highest BCUT2D eigenvalue weighted by Gasteiger charge is 2.25. The summed E-state index contributed by atoms with van der Waals surface area (Å²) in [6.07, 6.45) is 0. The quantitative estimate of drug-likeness (QED) is 0.389. The van der Waals surface area contributed by atoms with Gasteiger partial charge in [-0.05, 0) is 0 Å². The Balaban J connectivity index is 2.28. The summed E-state index contributed by atoms with van der Waals surface area (Å²) in [5.74, 6) is -0.276. The Morgan fingerprint density at radius 2 is 2.50 bits per heavy atom. The minimum Gasteiger partial charge on any atom is -0.395 e. The van der Waals surface area contributed by atoms with Gasteiger partial charge >= 0.3 is 6.03 Å². The van der Waals surface area contributed by atoms with Crippen molar-refractivity contribution >= 4 is 11.9 Å². The van der Waals surface area contributed by atoms with Crippen LogP contribution < -0.4 is 16.0 Å². The van der Waals surface area contributed by atoms with Crippen molar-refractivity contribution in [1.29, 1.82) is 0 Å². The van der Waals surface area contributed by atoms with E-state index in [0.717, 1.165) is 0 Å². The van der Waals surface area contributed by atoms with E-state index in [-0.39, 0.29) is 25.1 Å². The fourth-order valence-corrected chi connectivity index (χ4v) is 0.916. The smallest absolute Gasteiger partial charge is 0.315 e. The van der Waals surface area contributed by atoms with Gasteiger partial charge in [-0.1, -0.05) is 0 Å². The highest BCUT2D eigenvalue weighted by molar-refractivity contribution is 5.90. The van der Waals surface area contributed by atoms with E-state index in [4.69, 9.17) is 5.11 Å². The first-order valence-electron chi connectivity index (χ1n) is 3.67.